The first kappa shape index (κ1) is 9.65. The van der Waals surface area contributed by atoms with E-state index in [0.29, 0.717) is 12.8 Å². The van der Waals surface area contributed by atoms with E-state index in [1.165, 1.54) is 0 Å². The van der Waals surface area contributed by atoms with Crippen LogP contribution in [0, 0.1) is 0 Å². The number of nitrogens with two attached hydrogens (primary N) is 1. The minimum atomic E-state index is -0.694. The maximum atomic E-state index is 9.46. The van der Waals surface area contributed by atoms with Crippen molar-refractivity contribution < 1.29 is 10.2 Å². The van der Waals surface area contributed by atoms with E-state index in [9.17, 15) is 10.2 Å². The Hall–Kier alpha value is -0.900. The van der Waals surface area contributed by atoms with Crippen molar-refractivity contribution in [1.29, 1.82) is 0 Å². The Morgan fingerprint density at radius 3 is 2.07 bits per heavy atom. The maximum absolute atomic E-state index is 9.46. The van der Waals surface area contributed by atoms with Crippen LogP contribution in [0.5, 0.6) is 0 Å². The molecule has 0 heterocycles. The van der Waals surface area contributed by atoms with E-state index >= 15 is 0 Å². The van der Waals surface area contributed by atoms with Gasteiger partial charge in [-0.3, -0.25) is 0 Å². The van der Waals surface area contributed by atoms with Crippen molar-refractivity contribution in [3.05, 3.63) is 35.9 Å². The van der Waals surface area contributed by atoms with Crippen molar-refractivity contribution in [3.8, 4) is 0 Å². The van der Waals surface area contributed by atoms with Gasteiger partial charge in [-0.15, -0.1) is 0 Å². The number of hydrogen-bond acceptors (Lipinski definition) is 3. The summed E-state index contributed by atoms with van der Waals surface area (Å²) in [4.78, 5) is 0. The molecule has 14 heavy (non-hydrogen) atoms. The first-order chi connectivity index (χ1) is 6.62. The van der Waals surface area contributed by atoms with Crippen molar-refractivity contribution in [3.63, 3.8) is 0 Å². The summed E-state index contributed by atoms with van der Waals surface area (Å²) in [5, 5.41) is 18.9. The maximum Gasteiger partial charge on any atom is 0.0820 e. The van der Waals surface area contributed by atoms with Crippen molar-refractivity contribution in [2.45, 2.75) is 30.6 Å². The minimum absolute atomic E-state index is 0.429. The summed E-state index contributed by atoms with van der Waals surface area (Å²) in [6.45, 7) is 0. The molecule has 0 radical (unpaired) electrons. The van der Waals surface area contributed by atoms with Crippen molar-refractivity contribution >= 4 is 0 Å². The zero-order valence-electron chi connectivity index (χ0n) is 7.93. The first-order valence-electron chi connectivity index (χ1n) is 4.82. The molecule has 1 aromatic rings. The summed E-state index contributed by atoms with van der Waals surface area (Å²) in [5.74, 6) is 0. The fourth-order valence-corrected chi connectivity index (χ4v) is 2.11. The van der Waals surface area contributed by atoms with Crippen molar-refractivity contribution in [2.24, 2.45) is 5.73 Å². The van der Waals surface area contributed by atoms with Gasteiger partial charge in [-0.2, -0.15) is 0 Å². The predicted octanol–water partition coefficient (Wildman–Crippen LogP) is 0.356. The molecule has 0 spiro atoms. The van der Waals surface area contributed by atoms with E-state index in [1.807, 2.05) is 30.3 Å². The summed E-state index contributed by atoms with van der Waals surface area (Å²) in [6, 6.07) is 9.63. The zero-order valence-corrected chi connectivity index (χ0v) is 7.93. The molecule has 76 valence electrons. The average molecular weight is 193 g/mol. The lowest BCUT2D eigenvalue weighted by Gasteiger charge is -2.23. The first-order valence-corrected chi connectivity index (χ1v) is 4.82. The van der Waals surface area contributed by atoms with Gasteiger partial charge < -0.3 is 15.9 Å². The normalized spacial score (nSPS) is 37.4. The Morgan fingerprint density at radius 2 is 1.57 bits per heavy atom. The van der Waals surface area contributed by atoms with E-state index in [1.54, 1.807) is 0 Å². The molecule has 1 aliphatic rings. The second-order valence-electron chi connectivity index (χ2n) is 4.07. The topological polar surface area (TPSA) is 66.5 Å². The summed E-state index contributed by atoms with van der Waals surface area (Å²) in [6.07, 6.45) is -0.531. The van der Waals surface area contributed by atoms with Crippen LogP contribution in [0.3, 0.4) is 0 Å². The third-order valence-corrected chi connectivity index (χ3v) is 2.94. The lowest BCUT2D eigenvalue weighted by atomic mass is 9.89. The Morgan fingerprint density at radius 1 is 1.07 bits per heavy atom. The van der Waals surface area contributed by atoms with Crippen LogP contribution in [0.15, 0.2) is 30.3 Å². The van der Waals surface area contributed by atoms with E-state index < -0.39 is 17.7 Å². The molecule has 3 nitrogen and oxygen atoms in total. The largest absolute Gasteiger partial charge is 0.390 e. The van der Waals surface area contributed by atoms with E-state index in [2.05, 4.69) is 0 Å². The molecule has 1 aliphatic carbocycles. The molecule has 0 bridgehead atoms. The lowest BCUT2D eigenvalue weighted by molar-refractivity contribution is 0.0438. The van der Waals surface area contributed by atoms with Crippen molar-refractivity contribution in [2.75, 3.05) is 0 Å². The Bertz CT molecular complexity index is 302. The van der Waals surface area contributed by atoms with Gasteiger partial charge >= 0.3 is 0 Å². The molecule has 1 aromatic carbocycles. The molecule has 4 N–H and O–H groups in total. The second kappa shape index (κ2) is 3.35. The van der Waals surface area contributed by atoms with Gasteiger partial charge in [-0.05, 0) is 18.4 Å². The summed E-state index contributed by atoms with van der Waals surface area (Å²) < 4.78 is 0. The van der Waals surface area contributed by atoms with Crippen LogP contribution in [0.1, 0.15) is 18.4 Å². The van der Waals surface area contributed by atoms with Crippen LogP contribution < -0.4 is 5.73 Å². The quantitative estimate of drug-likeness (QED) is 0.603. The molecular formula is C11H15NO2. The second-order valence-corrected chi connectivity index (χ2v) is 4.07. The molecule has 2 rings (SSSR count). The van der Waals surface area contributed by atoms with Crippen LogP contribution >= 0.6 is 0 Å². The standard InChI is InChI=1S/C11H15NO2/c12-11(6-9(13)10(14)7-11)8-4-2-1-3-5-8/h1-5,9-10,13-14H,6-7,12H2/t9-,10+,11+. The molecule has 1 fully saturated rings. The van der Waals surface area contributed by atoms with Crippen LogP contribution in [0.25, 0.3) is 0 Å². The third-order valence-electron chi connectivity index (χ3n) is 2.94. The summed E-state index contributed by atoms with van der Waals surface area (Å²) in [5.41, 5.74) is 6.55. The van der Waals surface area contributed by atoms with Gasteiger partial charge in [0.05, 0.1) is 12.2 Å². The van der Waals surface area contributed by atoms with E-state index in [0.717, 1.165) is 5.56 Å². The summed E-state index contributed by atoms with van der Waals surface area (Å²) in [7, 11) is 0. The van der Waals surface area contributed by atoms with Crippen LogP contribution in [-0.2, 0) is 5.54 Å². The van der Waals surface area contributed by atoms with Gasteiger partial charge in [0.25, 0.3) is 0 Å². The molecular weight excluding hydrogens is 178 g/mol. The Balaban J connectivity index is 2.27. The van der Waals surface area contributed by atoms with Crippen LogP contribution in [0.4, 0.5) is 0 Å². The minimum Gasteiger partial charge on any atom is -0.390 e. The summed E-state index contributed by atoms with van der Waals surface area (Å²) >= 11 is 0. The fraction of sp³-hybridized carbons (Fsp3) is 0.455. The van der Waals surface area contributed by atoms with Gasteiger partial charge in [-0.1, -0.05) is 30.3 Å². The number of aliphatic hydroxyl groups is 2. The smallest absolute Gasteiger partial charge is 0.0820 e. The van der Waals surface area contributed by atoms with Crippen LogP contribution in [-0.4, -0.2) is 22.4 Å². The Labute approximate surface area is 83.2 Å². The molecule has 0 aliphatic heterocycles. The van der Waals surface area contributed by atoms with Gasteiger partial charge in [-0.25, -0.2) is 0 Å². The molecule has 0 aromatic heterocycles. The van der Waals surface area contributed by atoms with Gasteiger partial charge in [0.1, 0.15) is 0 Å². The molecule has 3 heteroatoms. The van der Waals surface area contributed by atoms with Crippen molar-refractivity contribution in [1.82, 2.24) is 0 Å². The zero-order chi connectivity index (χ0) is 10.2. The molecule has 1 saturated carbocycles. The highest BCUT2D eigenvalue weighted by atomic mass is 16.3. The van der Waals surface area contributed by atoms with Crippen LogP contribution in [0.2, 0.25) is 0 Å². The molecule has 0 unspecified atom stereocenters. The number of aliphatic hydroxyl groups excluding tert-OH is 2. The lowest BCUT2D eigenvalue weighted by Crippen LogP contribution is -2.34. The average Bonchev–Trinajstić information content (AvgIpc) is 2.44. The highest BCUT2D eigenvalue weighted by Gasteiger charge is 2.42. The monoisotopic (exact) mass is 193 g/mol. The van der Waals surface area contributed by atoms with E-state index in [-0.39, 0.29) is 0 Å². The number of benzene rings is 1. The predicted molar refractivity (Wildman–Crippen MR) is 53.6 cm³/mol. The highest BCUT2D eigenvalue weighted by Crippen LogP contribution is 2.36. The highest BCUT2D eigenvalue weighted by molar-refractivity contribution is 5.26. The number of hydrogen-bond donors (Lipinski definition) is 3. The fourth-order valence-electron chi connectivity index (χ4n) is 2.11. The Kier molecular flexibility index (Phi) is 2.31. The number of rotatable bonds is 1. The molecule has 3 atom stereocenters. The molecule has 0 saturated heterocycles. The van der Waals surface area contributed by atoms with Gasteiger partial charge in [0.15, 0.2) is 0 Å². The third kappa shape index (κ3) is 1.54. The van der Waals surface area contributed by atoms with Gasteiger partial charge in [0.2, 0.25) is 0 Å². The SMILES string of the molecule is N[C@@]1(c2ccccc2)C[C@@H](O)[C@@H](O)C1. The van der Waals surface area contributed by atoms with Gasteiger partial charge in [0, 0.05) is 5.54 Å². The van der Waals surface area contributed by atoms with E-state index in [4.69, 9.17) is 5.73 Å². The molecule has 0 amide bonds.